The minimum atomic E-state index is 0.259. The molecule has 0 spiro atoms. The van der Waals surface area contributed by atoms with Crippen molar-refractivity contribution >= 4 is 27.3 Å². The quantitative estimate of drug-likeness (QED) is 0.903. The molecule has 1 atom stereocenters. The van der Waals surface area contributed by atoms with Crippen LogP contribution in [0.5, 0.6) is 0 Å². The van der Waals surface area contributed by atoms with Crippen LogP contribution in [-0.4, -0.2) is 6.54 Å². The van der Waals surface area contributed by atoms with E-state index in [1.807, 2.05) is 12.1 Å². The monoisotopic (exact) mass is 299 g/mol. The summed E-state index contributed by atoms with van der Waals surface area (Å²) in [6.07, 6.45) is 0.978. The molecule has 0 saturated heterocycles. The molecule has 0 aliphatic heterocycles. The first kappa shape index (κ1) is 11.9. The van der Waals surface area contributed by atoms with E-state index >= 15 is 0 Å². The van der Waals surface area contributed by atoms with Crippen molar-refractivity contribution in [1.29, 1.82) is 0 Å². The Bertz CT molecular complexity index is 424. The summed E-state index contributed by atoms with van der Waals surface area (Å²) in [7, 11) is 0. The zero-order valence-corrected chi connectivity index (χ0v) is 11.5. The van der Waals surface area contributed by atoms with E-state index < -0.39 is 0 Å². The number of hydrogen-bond donors (Lipinski definition) is 1. The molecule has 2 aromatic rings. The largest absolute Gasteiger partial charge is 0.453 e. The Morgan fingerprint density at radius 3 is 2.88 bits per heavy atom. The number of halogens is 1. The van der Waals surface area contributed by atoms with Crippen molar-refractivity contribution in [3.05, 3.63) is 45.0 Å². The maximum Gasteiger partial charge on any atom is 0.169 e. The van der Waals surface area contributed by atoms with Gasteiger partial charge in [-0.2, -0.15) is 0 Å². The lowest BCUT2D eigenvalue weighted by atomic mass is 10.1. The first-order chi connectivity index (χ1) is 7.79. The molecule has 0 aromatic carbocycles. The average Bonchev–Trinajstić information content (AvgIpc) is 2.88. The van der Waals surface area contributed by atoms with Gasteiger partial charge >= 0.3 is 0 Å². The standard InChI is InChI=1S/C12H14BrNOS/c1-2-14-10(8-9-4-3-7-16-9)11-5-6-12(13)15-11/h3-7,10,14H,2,8H2,1H3. The molecule has 0 aliphatic carbocycles. The SMILES string of the molecule is CCNC(Cc1cccs1)c1ccc(Br)o1. The van der Waals surface area contributed by atoms with Crippen LogP contribution in [0.25, 0.3) is 0 Å². The summed E-state index contributed by atoms with van der Waals surface area (Å²) in [4.78, 5) is 1.37. The Hall–Kier alpha value is -0.580. The lowest BCUT2D eigenvalue weighted by Crippen LogP contribution is -2.22. The van der Waals surface area contributed by atoms with Crippen molar-refractivity contribution in [2.45, 2.75) is 19.4 Å². The van der Waals surface area contributed by atoms with Crippen molar-refractivity contribution < 1.29 is 4.42 Å². The number of nitrogens with one attached hydrogen (secondary N) is 1. The van der Waals surface area contributed by atoms with Gasteiger partial charge in [-0.1, -0.05) is 13.0 Å². The zero-order chi connectivity index (χ0) is 11.4. The van der Waals surface area contributed by atoms with Crippen LogP contribution >= 0.6 is 27.3 Å². The molecule has 0 amide bonds. The summed E-state index contributed by atoms with van der Waals surface area (Å²) in [5.74, 6) is 0.988. The molecule has 1 unspecified atom stereocenters. The molecule has 2 heterocycles. The van der Waals surface area contributed by atoms with Crippen LogP contribution in [0.1, 0.15) is 23.6 Å². The summed E-state index contributed by atoms with van der Waals surface area (Å²) in [5, 5.41) is 5.55. The van der Waals surface area contributed by atoms with E-state index in [4.69, 9.17) is 4.42 Å². The molecule has 4 heteroatoms. The van der Waals surface area contributed by atoms with Gasteiger partial charge in [0, 0.05) is 11.3 Å². The zero-order valence-electron chi connectivity index (χ0n) is 9.07. The Labute approximate surface area is 108 Å². The van der Waals surface area contributed by atoms with Crippen molar-refractivity contribution in [3.8, 4) is 0 Å². The topological polar surface area (TPSA) is 25.2 Å². The van der Waals surface area contributed by atoms with Gasteiger partial charge in [0.1, 0.15) is 5.76 Å². The molecule has 2 aromatic heterocycles. The van der Waals surface area contributed by atoms with E-state index in [1.54, 1.807) is 11.3 Å². The summed E-state index contributed by atoms with van der Waals surface area (Å²) in [6, 6.07) is 8.46. The summed E-state index contributed by atoms with van der Waals surface area (Å²) in [5.41, 5.74) is 0. The van der Waals surface area contributed by atoms with Gasteiger partial charge in [-0.05, 0) is 46.1 Å². The summed E-state index contributed by atoms with van der Waals surface area (Å²) in [6.45, 7) is 3.05. The molecule has 0 bridgehead atoms. The van der Waals surface area contributed by atoms with E-state index in [0.717, 1.165) is 23.4 Å². The van der Waals surface area contributed by atoms with Crippen molar-refractivity contribution in [2.75, 3.05) is 6.54 Å². The molecule has 1 N–H and O–H groups in total. The van der Waals surface area contributed by atoms with Gasteiger partial charge < -0.3 is 9.73 Å². The van der Waals surface area contributed by atoms with E-state index in [0.29, 0.717) is 0 Å². The van der Waals surface area contributed by atoms with Gasteiger partial charge in [0.25, 0.3) is 0 Å². The summed E-state index contributed by atoms with van der Waals surface area (Å²) >= 11 is 5.12. The highest BCUT2D eigenvalue weighted by atomic mass is 79.9. The first-order valence-corrected chi connectivity index (χ1v) is 6.98. The van der Waals surface area contributed by atoms with Gasteiger partial charge in [-0.15, -0.1) is 11.3 Å². The average molecular weight is 300 g/mol. The molecular weight excluding hydrogens is 286 g/mol. The van der Waals surface area contributed by atoms with Gasteiger partial charge in [0.15, 0.2) is 4.67 Å². The maximum atomic E-state index is 5.61. The lowest BCUT2D eigenvalue weighted by molar-refractivity contribution is 0.406. The Morgan fingerprint density at radius 2 is 2.31 bits per heavy atom. The highest BCUT2D eigenvalue weighted by Gasteiger charge is 2.15. The molecular formula is C12H14BrNOS. The predicted octanol–water partition coefficient (Wildman–Crippen LogP) is 4.00. The second-order valence-corrected chi connectivity index (χ2v) is 5.35. The molecule has 0 radical (unpaired) electrons. The second-order valence-electron chi connectivity index (χ2n) is 3.54. The van der Waals surface area contributed by atoms with Crippen LogP contribution in [0.15, 0.2) is 38.7 Å². The van der Waals surface area contributed by atoms with Crippen molar-refractivity contribution in [2.24, 2.45) is 0 Å². The van der Waals surface area contributed by atoms with Gasteiger partial charge in [-0.3, -0.25) is 0 Å². The van der Waals surface area contributed by atoms with E-state index in [-0.39, 0.29) is 6.04 Å². The van der Waals surface area contributed by atoms with Crippen LogP contribution in [0.4, 0.5) is 0 Å². The minimum Gasteiger partial charge on any atom is -0.453 e. The summed E-state index contributed by atoms with van der Waals surface area (Å²) < 4.78 is 6.39. The van der Waals surface area contributed by atoms with Crippen LogP contribution < -0.4 is 5.32 Å². The fourth-order valence-corrected chi connectivity index (χ4v) is 2.74. The lowest BCUT2D eigenvalue weighted by Gasteiger charge is -2.14. The van der Waals surface area contributed by atoms with Gasteiger partial charge in [0.2, 0.25) is 0 Å². The second kappa shape index (κ2) is 5.66. The van der Waals surface area contributed by atoms with Crippen molar-refractivity contribution in [3.63, 3.8) is 0 Å². The van der Waals surface area contributed by atoms with Crippen LogP contribution in [0.3, 0.4) is 0 Å². The molecule has 2 rings (SSSR count). The fourth-order valence-electron chi connectivity index (χ4n) is 1.67. The van der Waals surface area contributed by atoms with Crippen LogP contribution in [0, 0.1) is 0 Å². The first-order valence-electron chi connectivity index (χ1n) is 5.30. The van der Waals surface area contributed by atoms with E-state index in [2.05, 4.69) is 45.7 Å². The number of thiophene rings is 1. The smallest absolute Gasteiger partial charge is 0.169 e. The Kier molecular flexibility index (Phi) is 4.21. The third kappa shape index (κ3) is 2.97. The molecule has 0 saturated carbocycles. The number of hydrogen-bond acceptors (Lipinski definition) is 3. The van der Waals surface area contributed by atoms with Crippen molar-refractivity contribution in [1.82, 2.24) is 5.32 Å². The molecule has 86 valence electrons. The van der Waals surface area contributed by atoms with Gasteiger partial charge in [0.05, 0.1) is 6.04 Å². The molecule has 0 aliphatic rings. The van der Waals surface area contributed by atoms with Crippen LogP contribution in [0.2, 0.25) is 0 Å². The van der Waals surface area contributed by atoms with E-state index in [1.165, 1.54) is 4.88 Å². The Morgan fingerprint density at radius 1 is 1.44 bits per heavy atom. The predicted molar refractivity (Wildman–Crippen MR) is 70.8 cm³/mol. The molecule has 0 fully saturated rings. The highest BCUT2D eigenvalue weighted by Crippen LogP contribution is 2.25. The fraction of sp³-hybridized carbons (Fsp3) is 0.333. The molecule has 2 nitrogen and oxygen atoms in total. The van der Waals surface area contributed by atoms with Crippen LogP contribution in [-0.2, 0) is 6.42 Å². The maximum absolute atomic E-state index is 5.61. The van der Waals surface area contributed by atoms with Gasteiger partial charge in [-0.25, -0.2) is 0 Å². The minimum absolute atomic E-state index is 0.259. The Balaban J connectivity index is 2.11. The molecule has 16 heavy (non-hydrogen) atoms. The third-order valence-electron chi connectivity index (χ3n) is 2.37. The number of furan rings is 1. The highest BCUT2D eigenvalue weighted by molar-refractivity contribution is 9.10. The normalized spacial score (nSPS) is 12.9. The van der Waals surface area contributed by atoms with E-state index in [9.17, 15) is 0 Å². The number of rotatable bonds is 5. The third-order valence-corrected chi connectivity index (χ3v) is 3.70. The number of likely N-dealkylation sites (N-methyl/N-ethyl adjacent to an activating group) is 1.